The summed E-state index contributed by atoms with van der Waals surface area (Å²) in [7, 11) is 1.97. The summed E-state index contributed by atoms with van der Waals surface area (Å²) in [4.78, 5) is 0. The van der Waals surface area contributed by atoms with Crippen molar-refractivity contribution < 1.29 is 0 Å². The number of halogens is 2. The van der Waals surface area contributed by atoms with E-state index in [9.17, 15) is 0 Å². The number of benzene rings is 2. The lowest BCUT2D eigenvalue weighted by Crippen LogP contribution is -2.05. The average Bonchev–Trinajstić information content (AvgIpc) is 2.87. The van der Waals surface area contributed by atoms with Crippen LogP contribution in [0, 0.1) is 0 Å². The van der Waals surface area contributed by atoms with Gasteiger partial charge in [0, 0.05) is 39.7 Å². The molecule has 0 aliphatic carbocycles. The van der Waals surface area contributed by atoms with Gasteiger partial charge in [0.2, 0.25) is 0 Å². The second-order valence-electron chi connectivity index (χ2n) is 5.06. The molecule has 3 aromatic rings. The molecule has 0 bridgehead atoms. The minimum absolute atomic E-state index is 0.776. The van der Waals surface area contributed by atoms with Crippen LogP contribution in [0.2, 0.25) is 5.02 Å². The van der Waals surface area contributed by atoms with E-state index in [4.69, 9.17) is 11.6 Å². The van der Waals surface area contributed by atoms with Gasteiger partial charge in [-0.3, -0.25) is 0 Å². The van der Waals surface area contributed by atoms with Crippen molar-refractivity contribution in [2.24, 2.45) is 0 Å². The molecule has 21 heavy (non-hydrogen) atoms. The fourth-order valence-electron chi connectivity index (χ4n) is 2.60. The summed E-state index contributed by atoms with van der Waals surface area (Å²) in [6.45, 7) is 1.65. The molecule has 0 saturated carbocycles. The topological polar surface area (TPSA) is 17.0 Å². The van der Waals surface area contributed by atoms with Gasteiger partial charge in [0.25, 0.3) is 0 Å². The second-order valence-corrected chi connectivity index (χ2v) is 6.38. The molecule has 0 aliphatic heterocycles. The van der Waals surface area contributed by atoms with E-state index in [1.165, 1.54) is 16.5 Å². The van der Waals surface area contributed by atoms with Crippen molar-refractivity contribution in [1.82, 2.24) is 9.88 Å². The normalized spacial score (nSPS) is 11.2. The summed E-state index contributed by atoms with van der Waals surface area (Å²) in [6.07, 6.45) is 2.13. The number of rotatable bonds is 4. The predicted octanol–water partition coefficient (Wildman–Crippen LogP) is 4.82. The molecular weight excluding hydrogens is 348 g/mol. The van der Waals surface area contributed by atoms with Crippen molar-refractivity contribution >= 4 is 38.4 Å². The highest BCUT2D eigenvalue weighted by atomic mass is 79.9. The SMILES string of the molecule is CNCc1cccc2c1ccn2Cc1ccc(Br)cc1Cl. The van der Waals surface area contributed by atoms with Crippen LogP contribution in [-0.4, -0.2) is 11.6 Å². The molecule has 1 aromatic heterocycles. The third kappa shape index (κ3) is 3.00. The van der Waals surface area contributed by atoms with Gasteiger partial charge in [0.1, 0.15) is 0 Å². The summed E-state index contributed by atoms with van der Waals surface area (Å²) in [5.41, 5.74) is 3.67. The number of aromatic nitrogens is 1. The molecule has 3 rings (SSSR count). The van der Waals surface area contributed by atoms with E-state index < -0.39 is 0 Å². The number of nitrogens with one attached hydrogen (secondary N) is 1. The molecule has 0 aliphatic rings. The Bertz CT molecular complexity index is 780. The molecule has 0 fully saturated rings. The number of nitrogens with zero attached hydrogens (tertiary/aromatic N) is 1. The minimum Gasteiger partial charge on any atom is -0.343 e. The van der Waals surface area contributed by atoms with Gasteiger partial charge in [-0.2, -0.15) is 0 Å². The van der Waals surface area contributed by atoms with Gasteiger partial charge in [-0.15, -0.1) is 0 Å². The lowest BCUT2D eigenvalue weighted by molar-refractivity contribution is 0.821. The molecule has 4 heteroatoms. The largest absolute Gasteiger partial charge is 0.343 e. The summed E-state index contributed by atoms with van der Waals surface area (Å²) in [5, 5.41) is 5.30. The molecule has 1 N–H and O–H groups in total. The smallest absolute Gasteiger partial charge is 0.0490 e. The highest BCUT2D eigenvalue weighted by Gasteiger charge is 2.07. The zero-order valence-corrected chi connectivity index (χ0v) is 14.1. The fourth-order valence-corrected chi connectivity index (χ4v) is 3.34. The number of fused-ring (bicyclic) bond motifs is 1. The molecule has 0 amide bonds. The maximum atomic E-state index is 6.33. The third-order valence-corrected chi connectivity index (χ3v) is 4.47. The lowest BCUT2D eigenvalue weighted by Gasteiger charge is -2.09. The standard InChI is InChI=1S/C17H16BrClN2/c1-20-10-12-3-2-4-17-15(12)7-8-21(17)11-13-5-6-14(18)9-16(13)19/h2-9,20H,10-11H2,1H3. The molecule has 0 spiro atoms. The molecular formula is C17H16BrClN2. The van der Waals surface area contributed by atoms with Crippen molar-refractivity contribution in [3.05, 3.63) is 69.3 Å². The van der Waals surface area contributed by atoms with Crippen molar-refractivity contribution in [2.45, 2.75) is 13.1 Å². The Labute approximate surface area is 137 Å². The van der Waals surface area contributed by atoms with Crippen molar-refractivity contribution in [2.75, 3.05) is 7.05 Å². The van der Waals surface area contributed by atoms with Gasteiger partial charge < -0.3 is 9.88 Å². The van der Waals surface area contributed by atoms with Crippen LogP contribution in [0.3, 0.4) is 0 Å². The maximum absolute atomic E-state index is 6.33. The average molecular weight is 364 g/mol. The lowest BCUT2D eigenvalue weighted by atomic mass is 10.1. The summed E-state index contributed by atoms with van der Waals surface area (Å²) >= 11 is 9.77. The Kier molecular flexibility index (Phi) is 4.34. The molecule has 0 atom stereocenters. The van der Waals surface area contributed by atoms with Gasteiger partial charge in [-0.25, -0.2) is 0 Å². The van der Waals surface area contributed by atoms with E-state index in [-0.39, 0.29) is 0 Å². The Morgan fingerprint density at radius 1 is 1.14 bits per heavy atom. The van der Waals surface area contributed by atoms with Crippen LogP contribution in [0.25, 0.3) is 10.9 Å². The van der Waals surface area contributed by atoms with Gasteiger partial charge >= 0.3 is 0 Å². The minimum atomic E-state index is 0.776. The Morgan fingerprint density at radius 2 is 2.00 bits per heavy atom. The summed E-state index contributed by atoms with van der Waals surface area (Å²) < 4.78 is 3.24. The first kappa shape index (κ1) is 14.6. The number of hydrogen-bond acceptors (Lipinski definition) is 1. The molecule has 0 radical (unpaired) electrons. The van der Waals surface area contributed by atoms with E-state index in [2.05, 4.69) is 62.3 Å². The van der Waals surface area contributed by atoms with Crippen LogP contribution in [-0.2, 0) is 13.1 Å². The maximum Gasteiger partial charge on any atom is 0.0490 e. The van der Waals surface area contributed by atoms with E-state index in [0.29, 0.717) is 0 Å². The number of hydrogen-bond donors (Lipinski definition) is 1. The van der Waals surface area contributed by atoms with E-state index >= 15 is 0 Å². The zero-order chi connectivity index (χ0) is 14.8. The fraction of sp³-hybridized carbons (Fsp3) is 0.176. The van der Waals surface area contributed by atoms with Gasteiger partial charge in [0.05, 0.1) is 0 Å². The molecule has 0 saturated heterocycles. The van der Waals surface area contributed by atoms with Gasteiger partial charge in [-0.05, 0) is 42.4 Å². The highest BCUT2D eigenvalue weighted by Crippen LogP contribution is 2.25. The van der Waals surface area contributed by atoms with E-state index in [0.717, 1.165) is 28.1 Å². The van der Waals surface area contributed by atoms with Crippen LogP contribution in [0.5, 0.6) is 0 Å². The molecule has 1 heterocycles. The third-order valence-electron chi connectivity index (χ3n) is 3.63. The van der Waals surface area contributed by atoms with E-state index in [1.54, 1.807) is 0 Å². The van der Waals surface area contributed by atoms with Crippen LogP contribution >= 0.6 is 27.5 Å². The first-order valence-electron chi connectivity index (χ1n) is 6.84. The van der Waals surface area contributed by atoms with Crippen LogP contribution in [0.15, 0.2) is 53.1 Å². The monoisotopic (exact) mass is 362 g/mol. The summed E-state index contributed by atoms with van der Waals surface area (Å²) in [6, 6.07) is 14.6. The van der Waals surface area contributed by atoms with Crippen molar-refractivity contribution in [3.63, 3.8) is 0 Å². The Hall–Kier alpha value is -1.29. The Balaban J connectivity index is 1.99. The van der Waals surface area contributed by atoms with E-state index in [1.807, 2.05) is 19.2 Å². The van der Waals surface area contributed by atoms with Crippen LogP contribution in [0.4, 0.5) is 0 Å². The highest BCUT2D eigenvalue weighted by molar-refractivity contribution is 9.10. The zero-order valence-electron chi connectivity index (χ0n) is 11.7. The quantitative estimate of drug-likeness (QED) is 0.703. The second kappa shape index (κ2) is 6.22. The Morgan fingerprint density at radius 3 is 2.76 bits per heavy atom. The molecule has 108 valence electrons. The van der Waals surface area contributed by atoms with Gasteiger partial charge in [-0.1, -0.05) is 45.7 Å². The predicted molar refractivity (Wildman–Crippen MR) is 93.0 cm³/mol. The van der Waals surface area contributed by atoms with Crippen molar-refractivity contribution in [1.29, 1.82) is 0 Å². The van der Waals surface area contributed by atoms with Crippen LogP contribution < -0.4 is 5.32 Å². The van der Waals surface area contributed by atoms with Crippen LogP contribution in [0.1, 0.15) is 11.1 Å². The first-order chi connectivity index (χ1) is 10.2. The van der Waals surface area contributed by atoms with Gasteiger partial charge in [0.15, 0.2) is 0 Å². The molecule has 2 aromatic carbocycles. The summed E-state index contributed by atoms with van der Waals surface area (Å²) in [5.74, 6) is 0. The molecule has 2 nitrogen and oxygen atoms in total. The van der Waals surface area contributed by atoms with Crippen molar-refractivity contribution in [3.8, 4) is 0 Å². The molecule has 0 unspecified atom stereocenters. The first-order valence-corrected chi connectivity index (χ1v) is 8.01.